The summed E-state index contributed by atoms with van der Waals surface area (Å²) in [4.78, 5) is 35.3. The minimum absolute atomic E-state index is 0.211. The van der Waals surface area contributed by atoms with Gasteiger partial charge in [0.1, 0.15) is 5.82 Å². The van der Waals surface area contributed by atoms with Gasteiger partial charge < -0.3 is 25.2 Å². The lowest BCUT2D eigenvalue weighted by atomic mass is 10.0. The minimum atomic E-state index is -0.221. The third-order valence-corrected chi connectivity index (χ3v) is 6.25. The molecule has 1 atom stereocenters. The zero-order chi connectivity index (χ0) is 24.2. The summed E-state index contributed by atoms with van der Waals surface area (Å²) in [6, 6.07) is 9.46. The van der Waals surface area contributed by atoms with Gasteiger partial charge in [-0.1, -0.05) is 0 Å². The number of fused-ring (bicyclic) bond motifs is 1. The Morgan fingerprint density at radius 2 is 1.94 bits per heavy atom. The number of carbonyl (C=O) groups excluding carboxylic acids is 1. The lowest BCUT2D eigenvalue weighted by Gasteiger charge is -2.38. The number of carbonyl (C=O) groups is 1. The van der Waals surface area contributed by atoms with E-state index in [4.69, 9.17) is 14.7 Å². The number of urea groups is 1. The Morgan fingerprint density at radius 1 is 1.14 bits per heavy atom. The summed E-state index contributed by atoms with van der Waals surface area (Å²) in [7, 11) is 0. The van der Waals surface area contributed by atoms with Crippen LogP contribution in [0, 0.1) is 0 Å². The maximum atomic E-state index is 11.8. The molecule has 0 radical (unpaired) electrons. The van der Waals surface area contributed by atoms with Gasteiger partial charge in [-0.3, -0.25) is 0 Å². The summed E-state index contributed by atoms with van der Waals surface area (Å²) >= 11 is 0. The van der Waals surface area contributed by atoms with Gasteiger partial charge in [0.25, 0.3) is 0 Å². The molecular formula is C25H30N8O2. The fourth-order valence-electron chi connectivity index (χ4n) is 4.47. The van der Waals surface area contributed by atoms with Gasteiger partial charge >= 0.3 is 6.03 Å². The Bertz CT molecular complexity index is 1170. The maximum absolute atomic E-state index is 11.8. The Labute approximate surface area is 204 Å². The monoisotopic (exact) mass is 474 g/mol. The van der Waals surface area contributed by atoms with Crippen LogP contribution in [0.5, 0.6) is 0 Å². The third-order valence-electron chi connectivity index (χ3n) is 6.25. The summed E-state index contributed by atoms with van der Waals surface area (Å²) in [5, 5.41) is 5.56. The molecule has 2 aliphatic rings. The molecule has 0 bridgehead atoms. The molecule has 2 aromatic heterocycles. The average molecular weight is 475 g/mol. The Balaban J connectivity index is 1.49. The van der Waals surface area contributed by atoms with E-state index in [9.17, 15) is 4.79 Å². The molecule has 3 aromatic rings. The van der Waals surface area contributed by atoms with Crippen molar-refractivity contribution in [2.75, 3.05) is 48.0 Å². The van der Waals surface area contributed by atoms with Crippen molar-refractivity contribution in [3.05, 3.63) is 54.0 Å². The van der Waals surface area contributed by atoms with Gasteiger partial charge in [0.2, 0.25) is 5.95 Å². The van der Waals surface area contributed by atoms with Crippen LogP contribution in [-0.2, 0) is 17.7 Å². The quantitative estimate of drug-likeness (QED) is 0.581. The first-order valence-corrected chi connectivity index (χ1v) is 12.0. The highest BCUT2D eigenvalue weighted by atomic mass is 16.5. The second kappa shape index (κ2) is 10.2. The highest BCUT2D eigenvalue weighted by Gasteiger charge is 2.29. The average Bonchev–Trinajstić information content (AvgIpc) is 2.89. The number of rotatable bonds is 5. The van der Waals surface area contributed by atoms with Crippen LogP contribution >= 0.6 is 0 Å². The van der Waals surface area contributed by atoms with Crippen molar-refractivity contribution < 1.29 is 9.53 Å². The predicted molar refractivity (Wildman–Crippen MR) is 135 cm³/mol. The van der Waals surface area contributed by atoms with Crippen molar-refractivity contribution in [2.24, 2.45) is 0 Å². The van der Waals surface area contributed by atoms with E-state index in [-0.39, 0.29) is 12.1 Å². The number of morpholine rings is 1. The second-order valence-electron chi connectivity index (χ2n) is 8.70. The first-order valence-electron chi connectivity index (χ1n) is 12.0. The van der Waals surface area contributed by atoms with Gasteiger partial charge in [0, 0.05) is 55.3 Å². The number of hydrogen-bond donors (Lipinski definition) is 2. The number of benzene rings is 1. The highest BCUT2D eigenvalue weighted by molar-refractivity contribution is 5.89. The molecule has 4 heterocycles. The summed E-state index contributed by atoms with van der Waals surface area (Å²) < 4.78 is 5.69. The smallest absolute Gasteiger partial charge is 0.319 e. The topological polar surface area (TPSA) is 108 Å². The van der Waals surface area contributed by atoms with E-state index < -0.39 is 0 Å². The van der Waals surface area contributed by atoms with Crippen molar-refractivity contribution in [3.8, 4) is 11.4 Å². The summed E-state index contributed by atoms with van der Waals surface area (Å²) in [5.41, 5.74) is 3.81. The molecule has 10 heteroatoms. The number of nitrogens with one attached hydrogen (secondary N) is 2. The molecule has 1 saturated heterocycles. The molecule has 2 amide bonds. The van der Waals surface area contributed by atoms with Crippen LogP contribution in [0.15, 0.2) is 42.7 Å². The molecule has 2 N–H and O–H groups in total. The van der Waals surface area contributed by atoms with E-state index in [0.29, 0.717) is 32.1 Å². The molecule has 1 fully saturated rings. The SMILES string of the molecule is CCNC(=O)Nc1ccc(-c2nc3c(c(N4CCOC[C@H]4C)n2)CN(c2ncccn2)CC3)cc1. The molecular weight excluding hydrogens is 444 g/mol. The number of amides is 2. The van der Waals surface area contributed by atoms with E-state index in [1.807, 2.05) is 37.3 Å². The van der Waals surface area contributed by atoms with Crippen LogP contribution in [0.3, 0.4) is 0 Å². The molecule has 2 aliphatic heterocycles. The Hall–Kier alpha value is -3.79. The van der Waals surface area contributed by atoms with Crippen LogP contribution in [0.25, 0.3) is 11.4 Å². The van der Waals surface area contributed by atoms with E-state index in [1.165, 1.54) is 0 Å². The number of ether oxygens (including phenoxy) is 1. The van der Waals surface area contributed by atoms with E-state index in [1.54, 1.807) is 12.4 Å². The van der Waals surface area contributed by atoms with Gasteiger partial charge in [-0.05, 0) is 44.2 Å². The summed E-state index contributed by atoms with van der Waals surface area (Å²) in [6.45, 7) is 8.19. The molecule has 10 nitrogen and oxygen atoms in total. The van der Waals surface area contributed by atoms with Gasteiger partial charge in [0.05, 0.1) is 31.5 Å². The van der Waals surface area contributed by atoms with E-state index >= 15 is 0 Å². The number of nitrogens with zero attached hydrogens (tertiary/aromatic N) is 6. The third kappa shape index (κ3) is 5.02. The molecule has 182 valence electrons. The minimum Gasteiger partial charge on any atom is -0.377 e. The highest BCUT2D eigenvalue weighted by Crippen LogP contribution is 2.32. The molecule has 0 unspecified atom stereocenters. The fraction of sp³-hybridized carbons (Fsp3) is 0.400. The van der Waals surface area contributed by atoms with Crippen LogP contribution in [0.1, 0.15) is 25.1 Å². The van der Waals surface area contributed by atoms with Gasteiger partial charge in [0.15, 0.2) is 5.82 Å². The Kier molecular flexibility index (Phi) is 6.71. The molecule has 0 aliphatic carbocycles. The fourth-order valence-corrected chi connectivity index (χ4v) is 4.47. The predicted octanol–water partition coefficient (Wildman–Crippen LogP) is 2.86. The summed E-state index contributed by atoms with van der Waals surface area (Å²) in [6.07, 6.45) is 4.32. The van der Waals surface area contributed by atoms with Crippen LogP contribution in [-0.4, -0.2) is 64.9 Å². The van der Waals surface area contributed by atoms with Crippen molar-refractivity contribution >= 4 is 23.5 Å². The lowest BCUT2D eigenvalue weighted by Crippen LogP contribution is -2.45. The second-order valence-corrected chi connectivity index (χ2v) is 8.70. The van der Waals surface area contributed by atoms with Crippen molar-refractivity contribution in [1.82, 2.24) is 25.3 Å². The number of hydrogen-bond acceptors (Lipinski definition) is 8. The van der Waals surface area contributed by atoms with Crippen molar-refractivity contribution in [1.29, 1.82) is 0 Å². The lowest BCUT2D eigenvalue weighted by molar-refractivity contribution is 0.0984. The Morgan fingerprint density at radius 3 is 2.69 bits per heavy atom. The van der Waals surface area contributed by atoms with E-state index in [2.05, 4.69) is 37.3 Å². The van der Waals surface area contributed by atoms with Crippen LogP contribution in [0.4, 0.5) is 22.2 Å². The standard InChI is InChI=1S/C25H30N8O2/c1-3-26-25(34)29-19-7-5-18(6-8-19)22-30-21-9-12-32(24-27-10-4-11-28-24)15-20(21)23(31-22)33-13-14-35-16-17(33)2/h4-8,10-11,17H,3,9,12-16H2,1-2H3,(H2,26,29,34)/t17-/m1/s1. The first-order chi connectivity index (χ1) is 17.1. The van der Waals surface area contributed by atoms with Crippen molar-refractivity contribution in [2.45, 2.75) is 32.9 Å². The molecule has 5 rings (SSSR count). The largest absolute Gasteiger partial charge is 0.377 e. The molecule has 1 aromatic carbocycles. The molecule has 35 heavy (non-hydrogen) atoms. The van der Waals surface area contributed by atoms with Crippen LogP contribution in [0.2, 0.25) is 0 Å². The van der Waals surface area contributed by atoms with Gasteiger partial charge in [-0.2, -0.15) is 0 Å². The normalized spacial score (nSPS) is 17.6. The van der Waals surface area contributed by atoms with Gasteiger partial charge in [-0.15, -0.1) is 0 Å². The van der Waals surface area contributed by atoms with E-state index in [0.717, 1.165) is 53.8 Å². The van der Waals surface area contributed by atoms with Crippen LogP contribution < -0.4 is 20.4 Å². The number of anilines is 3. The maximum Gasteiger partial charge on any atom is 0.319 e. The zero-order valence-corrected chi connectivity index (χ0v) is 20.1. The molecule has 0 spiro atoms. The van der Waals surface area contributed by atoms with Crippen molar-refractivity contribution in [3.63, 3.8) is 0 Å². The molecule has 0 saturated carbocycles. The first kappa shape index (κ1) is 23.0. The van der Waals surface area contributed by atoms with Gasteiger partial charge in [-0.25, -0.2) is 24.7 Å². The zero-order valence-electron chi connectivity index (χ0n) is 20.1. The summed E-state index contributed by atoms with van der Waals surface area (Å²) in [5.74, 6) is 2.36. The number of aromatic nitrogens is 4.